The van der Waals surface area contributed by atoms with Gasteiger partial charge in [-0.2, -0.15) is 0 Å². The molecular formula is C18H15N3O3S. The third kappa shape index (κ3) is 3.61. The lowest BCUT2D eigenvalue weighted by Crippen LogP contribution is -2.12. The molecule has 1 amide bonds. The fourth-order valence-electron chi connectivity index (χ4n) is 2.49. The van der Waals surface area contributed by atoms with Crippen LogP contribution in [0.15, 0.2) is 48.1 Å². The maximum atomic E-state index is 12.1. The Morgan fingerprint density at radius 1 is 1.24 bits per heavy atom. The van der Waals surface area contributed by atoms with E-state index >= 15 is 0 Å². The first-order chi connectivity index (χ1) is 12.3. The van der Waals surface area contributed by atoms with Crippen LogP contribution in [0.25, 0.3) is 11.3 Å². The van der Waals surface area contributed by atoms with Crippen LogP contribution in [0, 0.1) is 0 Å². The molecule has 1 aliphatic rings. The number of nitrogens with one attached hydrogen (secondary N) is 1. The maximum Gasteiger partial charge on any atom is 0.231 e. The lowest BCUT2D eigenvalue weighted by Gasteiger charge is -2.05. The molecule has 0 radical (unpaired) electrons. The van der Waals surface area contributed by atoms with Crippen molar-refractivity contribution in [3.05, 3.63) is 53.1 Å². The fraction of sp³-hybridized carbons (Fsp3) is 0.167. The number of nitrogens with zero attached hydrogens (tertiary/aromatic N) is 2. The molecule has 0 aliphatic carbocycles. The van der Waals surface area contributed by atoms with Crippen molar-refractivity contribution < 1.29 is 14.3 Å². The number of hydrogen-bond donors (Lipinski definition) is 1. The molecule has 1 aromatic carbocycles. The average molecular weight is 353 g/mol. The van der Waals surface area contributed by atoms with E-state index in [0.717, 1.165) is 16.3 Å². The number of fused-ring (bicyclic) bond motifs is 1. The molecule has 126 valence electrons. The minimum absolute atomic E-state index is 0.0583. The number of benzene rings is 1. The Morgan fingerprint density at radius 2 is 2.16 bits per heavy atom. The summed E-state index contributed by atoms with van der Waals surface area (Å²) in [7, 11) is 0. The van der Waals surface area contributed by atoms with Crippen molar-refractivity contribution in [1.82, 2.24) is 9.97 Å². The number of thiazole rings is 1. The van der Waals surface area contributed by atoms with E-state index in [-0.39, 0.29) is 12.7 Å². The summed E-state index contributed by atoms with van der Waals surface area (Å²) in [6, 6.07) is 9.21. The molecule has 0 saturated carbocycles. The Hall–Kier alpha value is -2.93. The third-order valence-electron chi connectivity index (χ3n) is 3.73. The zero-order chi connectivity index (χ0) is 17.1. The van der Waals surface area contributed by atoms with E-state index < -0.39 is 0 Å². The largest absolute Gasteiger partial charge is 0.454 e. The van der Waals surface area contributed by atoms with Gasteiger partial charge in [-0.1, -0.05) is 0 Å². The molecule has 0 bridgehead atoms. The number of rotatable bonds is 5. The first-order valence-electron chi connectivity index (χ1n) is 7.82. The van der Waals surface area contributed by atoms with Crippen molar-refractivity contribution in [3.8, 4) is 22.8 Å². The van der Waals surface area contributed by atoms with Gasteiger partial charge in [0.15, 0.2) is 11.5 Å². The molecule has 0 spiro atoms. The van der Waals surface area contributed by atoms with E-state index in [4.69, 9.17) is 9.47 Å². The fourth-order valence-corrected chi connectivity index (χ4v) is 3.30. The van der Waals surface area contributed by atoms with E-state index in [1.807, 2.05) is 17.5 Å². The molecule has 7 heteroatoms. The molecule has 0 atom stereocenters. The van der Waals surface area contributed by atoms with Gasteiger partial charge in [-0.05, 0) is 24.3 Å². The monoisotopic (exact) mass is 353 g/mol. The zero-order valence-electron chi connectivity index (χ0n) is 13.3. The van der Waals surface area contributed by atoms with Crippen molar-refractivity contribution in [2.75, 3.05) is 12.1 Å². The van der Waals surface area contributed by atoms with Crippen molar-refractivity contribution in [2.45, 2.75) is 12.8 Å². The highest BCUT2D eigenvalue weighted by Crippen LogP contribution is 2.34. The van der Waals surface area contributed by atoms with Gasteiger partial charge in [0.1, 0.15) is 0 Å². The van der Waals surface area contributed by atoms with E-state index in [9.17, 15) is 4.79 Å². The van der Waals surface area contributed by atoms with Gasteiger partial charge in [-0.25, -0.2) is 4.98 Å². The van der Waals surface area contributed by atoms with Crippen LogP contribution >= 0.6 is 11.3 Å². The van der Waals surface area contributed by atoms with E-state index in [0.29, 0.717) is 30.0 Å². The number of anilines is 1. The van der Waals surface area contributed by atoms with Gasteiger partial charge in [-0.15, -0.1) is 11.3 Å². The van der Waals surface area contributed by atoms with Gasteiger partial charge in [0, 0.05) is 47.9 Å². The molecule has 3 heterocycles. The SMILES string of the molecule is O=C(CCc1nc(-c2cccnc2)cs1)Nc1ccc2c(c1)OCO2. The van der Waals surface area contributed by atoms with Crippen molar-refractivity contribution in [2.24, 2.45) is 0 Å². The highest BCUT2D eigenvalue weighted by atomic mass is 32.1. The summed E-state index contributed by atoms with van der Waals surface area (Å²) in [5.41, 5.74) is 2.57. The van der Waals surface area contributed by atoms with Gasteiger partial charge in [0.05, 0.1) is 10.7 Å². The quantitative estimate of drug-likeness (QED) is 0.760. The lowest BCUT2D eigenvalue weighted by molar-refractivity contribution is -0.116. The van der Waals surface area contributed by atoms with Crippen LogP contribution in [0.3, 0.4) is 0 Å². The second kappa shape index (κ2) is 6.90. The van der Waals surface area contributed by atoms with Crippen LogP contribution in [-0.2, 0) is 11.2 Å². The minimum atomic E-state index is -0.0583. The van der Waals surface area contributed by atoms with E-state index in [1.54, 1.807) is 41.9 Å². The normalized spacial score (nSPS) is 12.2. The molecule has 4 rings (SSSR count). The molecule has 0 fully saturated rings. The van der Waals surface area contributed by atoms with Crippen molar-refractivity contribution in [1.29, 1.82) is 0 Å². The van der Waals surface area contributed by atoms with E-state index in [2.05, 4.69) is 15.3 Å². The predicted molar refractivity (Wildman–Crippen MR) is 94.9 cm³/mol. The van der Waals surface area contributed by atoms with Crippen LogP contribution in [0.4, 0.5) is 5.69 Å². The molecule has 25 heavy (non-hydrogen) atoms. The molecular weight excluding hydrogens is 338 g/mol. The van der Waals surface area contributed by atoms with Gasteiger partial charge in [0.25, 0.3) is 0 Å². The third-order valence-corrected chi connectivity index (χ3v) is 4.64. The highest BCUT2D eigenvalue weighted by molar-refractivity contribution is 7.09. The van der Waals surface area contributed by atoms with Crippen LogP contribution in [0.1, 0.15) is 11.4 Å². The predicted octanol–water partition coefficient (Wildman–Crippen LogP) is 3.51. The first kappa shape index (κ1) is 15.6. The summed E-state index contributed by atoms with van der Waals surface area (Å²) in [6.07, 6.45) is 4.48. The number of hydrogen-bond acceptors (Lipinski definition) is 6. The number of aryl methyl sites for hydroxylation is 1. The van der Waals surface area contributed by atoms with Crippen LogP contribution in [0.2, 0.25) is 0 Å². The van der Waals surface area contributed by atoms with E-state index in [1.165, 1.54) is 0 Å². The molecule has 3 aromatic rings. The Balaban J connectivity index is 1.34. The summed E-state index contributed by atoms with van der Waals surface area (Å²) in [4.78, 5) is 20.8. The topological polar surface area (TPSA) is 73.3 Å². The number of ether oxygens (including phenoxy) is 2. The Kier molecular flexibility index (Phi) is 4.30. The van der Waals surface area contributed by atoms with Crippen molar-refractivity contribution >= 4 is 22.9 Å². The van der Waals surface area contributed by atoms with Gasteiger partial charge in [-0.3, -0.25) is 9.78 Å². The second-order valence-electron chi connectivity index (χ2n) is 5.48. The Morgan fingerprint density at radius 3 is 3.04 bits per heavy atom. The molecule has 2 aromatic heterocycles. The average Bonchev–Trinajstić information content (AvgIpc) is 3.30. The highest BCUT2D eigenvalue weighted by Gasteiger charge is 2.14. The summed E-state index contributed by atoms with van der Waals surface area (Å²) in [5, 5.41) is 5.79. The minimum Gasteiger partial charge on any atom is -0.454 e. The summed E-state index contributed by atoms with van der Waals surface area (Å²) in [5.74, 6) is 1.29. The molecule has 1 N–H and O–H groups in total. The zero-order valence-corrected chi connectivity index (χ0v) is 14.1. The number of pyridine rings is 1. The summed E-state index contributed by atoms with van der Waals surface area (Å²) < 4.78 is 10.6. The maximum absolute atomic E-state index is 12.1. The molecule has 1 aliphatic heterocycles. The second-order valence-corrected chi connectivity index (χ2v) is 6.43. The molecule has 0 unspecified atom stereocenters. The Labute approximate surface area is 148 Å². The smallest absolute Gasteiger partial charge is 0.231 e. The lowest BCUT2D eigenvalue weighted by atomic mass is 10.2. The number of aromatic nitrogens is 2. The van der Waals surface area contributed by atoms with Crippen molar-refractivity contribution in [3.63, 3.8) is 0 Å². The standard InChI is InChI=1S/C18H15N3O3S/c22-17(20-13-3-4-15-16(8-13)24-11-23-15)5-6-18-21-14(10-25-18)12-2-1-7-19-9-12/h1-4,7-10H,5-6,11H2,(H,20,22). The Bertz CT molecular complexity index is 896. The van der Waals surface area contributed by atoms with Gasteiger partial charge >= 0.3 is 0 Å². The number of carbonyl (C=O) groups excluding carboxylic acids is 1. The molecule has 6 nitrogen and oxygen atoms in total. The number of carbonyl (C=O) groups is 1. The first-order valence-corrected chi connectivity index (χ1v) is 8.70. The molecule has 0 saturated heterocycles. The van der Waals surface area contributed by atoms with Crippen LogP contribution < -0.4 is 14.8 Å². The van der Waals surface area contributed by atoms with Gasteiger partial charge < -0.3 is 14.8 Å². The summed E-state index contributed by atoms with van der Waals surface area (Å²) >= 11 is 1.55. The van der Waals surface area contributed by atoms with Gasteiger partial charge in [0.2, 0.25) is 12.7 Å². The van der Waals surface area contributed by atoms with Crippen LogP contribution in [0.5, 0.6) is 11.5 Å². The number of amides is 1. The van der Waals surface area contributed by atoms with Crippen LogP contribution in [-0.4, -0.2) is 22.7 Å². The summed E-state index contributed by atoms with van der Waals surface area (Å²) in [6.45, 7) is 0.218.